The van der Waals surface area contributed by atoms with Crippen LogP contribution in [0.25, 0.3) is 11.3 Å². The second-order valence-electron chi connectivity index (χ2n) is 4.80. The Bertz CT molecular complexity index is 493. The number of benzene rings is 1. The molecule has 2 nitrogen and oxygen atoms in total. The third kappa shape index (κ3) is 4.69. The van der Waals surface area contributed by atoms with Crippen molar-refractivity contribution in [3.8, 4) is 11.3 Å². The van der Waals surface area contributed by atoms with Crippen molar-refractivity contribution in [2.24, 2.45) is 5.92 Å². The van der Waals surface area contributed by atoms with Crippen LogP contribution < -0.4 is 5.32 Å². The largest absolute Gasteiger partial charge is 0.460 e. The first-order valence-electron chi connectivity index (χ1n) is 6.20. The average Bonchev–Trinajstić information content (AvgIpc) is 2.78. The Morgan fingerprint density at radius 1 is 1.11 bits per heavy atom. The average molecular weight is 284 g/mol. The quantitative estimate of drug-likeness (QED) is 0.887. The molecule has 0 amide bonds. The number of halogens is 2. The summed E-state index contributed by atoms with van der Waals surface area (Å²) in [6, 6.07) is 10.2. The molecule has 2 aromatic rings. The molecule has 0 bridgehead atoms. The molecule has 0 aliphatic rings. The van der Waals surface area contributed by atoms with E-state index in [0.717, 1.165) is 30.2 Å². The van der Waals surface area contributed by atoms with E-state index in [4.69, 9.17) is 4.42 Å². The summed E-state index contributed by atoms with van der Waals surface area (Å²) in [4.78, 5) is 0. The van der Waals surface area contributed by atoms with E-state index in [9.17, 15) is 4.39 Å². The van der Waals surface area contributed by atoms with Gasteiger partial charge in [-0.3, -0.25) is 0 Å². The SMILES string of the molecule is CC(C)CNCc1ccc(-c2ccc(F)cc2)o1.Cl. The molecule has 0 saturated carbocycles. The van der Waals surface area contributed by atoms with Crippen LogP contribution in [0.2, 0.25) is 0 Å². The monoisotopic (exact) mass is 283 g/mol. The predicted octanol–water partition coefficient (Wildman–Crippen LogP) is 4.25. The van der Waals surface area contributed by atoms with Crippen LogP contribution in [0.15, 0.2) is 40.8 Å². The zero-order valence-electron chi connectivity index (χ0n) is 11.2. The lowest BCUT2D eigenvalue weighted by Gasteiger charge is -2.05. The Kier molecular flexibility index (Phi) is 6.06. The Balaban J connectivity index is 0.00000180. The molecule has 0 saturated heterocycles. The molecule has 0 fully saturated rings. The highest BCUT2D eigenvalue weighted by atomic mass is 35.5. The van der Waals surface area contributed by atoms with Crippen LogP contribution in [0.5, 0.6) is 0 Å². The minimum Gasteiger partial charge on any atom is -0.460 e. The maximum absolute atomic E-state index is 12.8. The summed E-state index contributed by atoms with van der Waals surface area (Å²) >= 11 is 0. The van der Waals surface area contributed by atoms with Gasteiger partial charge in [-0.2, -0.15) is 0 Å². The van der Waals surface area contributed by atoms with Gasteiger partial charge in [0.25, 0.3) is 0 Å². The third-order valence-electron chi connectivity index (χ3n) is 2.64. The summed E-state index contributed by atoms with van der Waals surface area (Å²) in [5.41, 5.74) is 0.895. The molecule has 1 aromatic heterocycles. The predicted molar refractivity (Wildman–Crippen MR) is 77.9 cm³/mol. The van der Waals surface area contributed by atoms with Crippen LogP contribution in [0.4, 0.5) is 4.39 Å². The van der Waals surface area contributed by atoms with Crippen LogP contribution >= 0.6 is 12.4 Å². The van der Waals surface area contributed by atoms with Crippen molar-refractivity contribution in [3.63, 3.8) is 0 Å². The molecule has 4 heteroatoms. The molecule has 1 heterocycles. The van der Waals surface area contributed by atoms with Gasteiger partial charge < -0.3 is 9.73 Å². The number of furan rings is 1. The van der Waals surface area contributed by atoms with Gasteiger partial charge >= 0.3 is 0 Å². The molecule has 0 spiro atoms. The molecule has 19 heavy (non-hydrogen) atoms. The van der Waals surface area contributed by atoms with E-state index >= 15 is 0 Å². The highest BCUT2D eigenvalue weighted by Crippen LogP contribution is 2.22. The topological polar surface area (TPSA) is 25.2 Å². The van der Waals surface area contributed by atoms with Gasteiger partial charge in [0.2, 0.25) is 0 Å². The minimum absolute atomic E-state index is 0. The Morgan fingerprint density at radius 2 is 1.79 bits per heavy atom. The zero-order valence-corrected chi connectivity index (χ0v) is 12.0. The molecular formula is C15H19ClFNO. The van der Waals surface area contributed by atoms with E-state index in [-0.39, 0.29) is 18.2 Å². The van der Waals surface area contributed by atoms with Gasteiger partial charge in [0.05, 0.1) is 6.54 Å². The van der Waals surface area contributed by atoms with Crippen molar-refractivity contribution in [2.75, 3.05) is 6.54 Å². The smallest absolute Gasteiger partial charge is 0.134 e. The van der Waals surface area contributed by atoms with Gasteiger partial charge in [-0.1, -0.05) is 13.8 Å². The highest BCUT2D eigenvalue weighted by molar-refractivity contribution is 5.85. The molecule has 2 rings (SSSR count). The van der Waals surface area contributed by atoms with Gasteiger partial charge in [0.15, 0.2) is 0 Å². The Labute approximate surface area is 119 Å². The maximum Gasteiger partial charge on any atom is 0.134 e. The van der Waals surface area contributed by atoms with E-state index in [2.05, 4.69) is 19.2 Å². The Morgan fingerprint density at radius 3 is 2.42 bits per heavy atom. The fraction of sp³-hybridized carbons (Fsp3) is 0.333. The summed E-state index contributed by atoms with van der Waals surface area (Å²) in [5.74, 6) is 2.06. The molecular weight excluding hydrogens is 265 g/mol. The Hall–Kier alpha value is -1.32. The molecule has 0 aliphatic carbocycles. The molecule has 0 atom stereocenters. The second-order valence-corrected chi connectivity index (χ2v) is 4.80. The van der Waals surface area contributed by atoms with Crippen LogP contribution in [0.3, 0.4) is 0 Å². The van der Waals surface area contributed by atoms with E-state index in [1.165, 1.54) is 12.1 Å². The van der Waals surface area contributed by atoms with Gasteiger partial charge in [0, 0.05) is 5.56 Å². The lowest BCUT2D eigenvalue weighted by atomic mass is 10.2. The van der Waals surface area contributed by atoms with Crippen molar-refractivity contribution in [1.82, 2.24) is 5.32 Å². The van der Waals surface area contributed by atoms with E-state index in [1.54, 1.807) is 12.1 Å². The first-order valence-corrected chi connectivity index (χ1v) is 6.20. The molecule has 104 valence electrons. The molecule has 0 radical (unpaired) electrons. The highest BCUT2D eigenvalue weighted by Gasteiger charge is 2.05. The van der Waals surface area contributed by atoms with Crippen molar-refractivity contribution < 1.29 is 8.81 Å². The standard InChI is InChI=1S/C15H18FNO.ClH/c1-11(2)9-17-10-14-7-8-15(18-14)12-3-5-13(16)6-4-12;/h3-8,11,17H,9-10H2,1-2H3;1H. The fourth-order valence-corrected chi connectivity index (χ4v) is 1.73. The van der Waals surface area contributed by atoms with Gasteiger partial charge in [0.1, 0.15) is 17.3 Å². The van der Waals surface area contributed by atoms with E-state index < -0.39 is 0 Å². The first kappa shape index (κ1) is 15.7. The van der Waals surface area contributed by atoms with Gasteiger partial charge in [-0.25, -0.2) is 4.39 Å². The molecule has 1 aromatic carbocycles. The van der Waals surface area contributed by atoms with Crippen LogP contribution in [0, 0.1) is 11.7 Å². The number of nitrogens with one attached hydrogen (secondary N) is 1. The maximum atomic E-state index is 12.8. The number of hydrogen-bond acceptors (Lipinski definition) is 2. The van der Waals surface area contributed by atoms with E-state index in [0.29, 0.717) is 5.92 Å². The lowest BCUT2D eigenvalue weighted by molar-refractivity contribution is 0.472. The number of hydrogen-bond donors (Lipinski definition) is 1. The summed E-state index contributed by atoms with van der Waals surface area (Å²) < 4.78 is 18.5. The molecule has 1 N–H and O–H groups in total. The molecule has 0 unspecified atom stereocenters. The van der Waals surface area contributed by atoms with Crippen molar-refractivity contribution in [1.29, 1.82) is 0 Å². The summed E-state index contributed by atoms with van der Waals surface area (Å²) in [6.45, 7) is 6.02. The van der Waals surface area contributed by atoms with Crippen LogP contribution in [0.1, 0.15) is 19.6 Å². The second kappa shape index (κ2) is 7.31. The summed E-state index contributed by atoms with van der Waals surface area (Å²) in [6.07, 6.45) is 0. The fourth-order valence-electron chi connectivity index (χ4n) is 1.73. The minimum atomic E-state index is -0.232. The van der Waals surface area contributed by atoms with E-state index in [1.807, 2.05) is 12.1 Å². The summed E-state index contributed by atoms with van der Waals surface area (Å²) in [5, 5.41) is 3.32. The first-order chi connectivity index (χ1) is 8.65. The van der Waals surface area contributed by atoms with Crippen molar-refractivity contribution in [2.45, 2.75) is 20.4 Å². The van der Waals surface area contributed by atoms with Crippen LogP contribution in [-0.4, -0.2) is 6.54 Å². The van der Waals surface area contributed by atoms with Crippen molar-refractivity contribution in [3.05, 3.63) is 48.0 Å². The van der Waals surface area contributed by atoms with Gasteiger partial charge in [-0.05, 0) is 48.9 Å². The van der Waals surface area contributed by atoms with Crippen molar-refractivity contribution >= 4 is 12.4 Å². The van der Waals surface area contributed by atoms with Crippen LogP contribution in [-0.2, 0) is 6.54 Å². The lowest BCUT2D eigenvalue weighted by Crippen LogP contribution is -2.18. The summed E-state index contributed by atoms with van der Waals surface area (Å²) in [7, 11) is 0. The third-order valence-corrected chi connectivity index (χ3v) is 2.64. The normalized spacial score (nSPS) is 10.5. The molecule has 0 aliphatic heterocycles. The van der Waals surface area contributed by atoms with Gasteiger partial charge in [-0.15, -0.1) is 12.4 Å². The zero-order chi connectivity index (χ0) is 13.0. The number of rotatable bonds is 5.